The van der Waals surface area contributed by atoms with Gasteiger partial charge >= 0.3 is 0 Å². The van der Waals surface area contributed by atoms with Gasteiger partial charge in [-0.3, -0.25) is 4.79 Å². The van der Waals surface area contributed by atoms with Gasteiger partial charge in [-0.15, -0.1) is 0 Å². The van der Waals surface area contributed by atoms with E-state index in [1.165, 1.54) is 0 Å². The molecule has 0 aliphatic carbocycles. The molecule has 0 spiro atoms. The minimum atomic E-state index is -0.256. The lowest BCUT2D eigenvalue weighted by Crippen LogP contribution is -2.20. The molecule has 0 fully saturated rings. The third kappa shape index (κ3) is 4.10. The highest BCUT2D eigenvalue weighted by Crippen LogP contribution is 2.32. The fourth-order valence-electron chi connectivity index (χ4n) is 2.29. The molecule has 1 N–H and O–H groups in total. The molecule has 0 unspecified atom stereocenters. The number of hydrogen-bond donors (Lipinski definition) is 1. The molecule has 0 atom stereocenters. The van der Waals surface area contributed by atoms with Crippen LogP contribution in [0.15, 0.2) is 42.5 Å². The third-order valence-electron chi connectivity index (χ3n) is 3.31. The number of anilines is 1. The van der Waals surface area contributed by atoms with E-state index < -0.39 is 0 Å². The number of benzene rings is 2. The van der Waals surface area contributed by atoms with Crippen molar-refractivity contribution in [1.82, 2.24) is 0 Å². The second kappa shape index (κ2) is 7.59. The van der Waals surface area contributed by atoms with Crippen LogP contribution in [-0.4, -0.2) is 32.3 Å². The SMILES string of the molecule is CCOc1cccc(OCC(=O)Nc2ccc3c(c2)OCCO3)c1. The molecule has 2 aromatic rings. The smallest absolute Gasteiger partial charge is 0.262 e. The van der Waals surface area contributed by atoms with Crippen molar-refractivity contribution in [3.05, 3.63) is 42.5 Å². The van der Waals surface area contributed by atoms with Gasteiger partial charge < -0.3 is 24.3 Å². The van der Waals surface area contributed by atoms with Crippen LogP contribution in [0, 0.1) is 0 Å². The molecule has 24 heavy (non-hydrogen) atoms. The van der Waals surface area contributed by atoms with Crippen molar-refractivity contribution in [3.63, 3.8) is 0 Å². The molecular weight excluding hydrogens is 310 g/mol. The summed E-state index contributed by atoms with van der Waals surface area (Å²) in [5.74, 6) is 2.35. The van der Waals surface area contributed by atoms with Crippen LogP contribution in [0.4, 0.5) is 5.69 Å². The lowest BCUT2D eigenvalue weighted by Gasteiger charge is -2.19. The number of ether oxygens (including phenoxy) is 4. The summed E-state index contributed by atoms with van der Waals surface area (Å²) in [7, 11) is 0. The summed E-state index contributed by atoms with van der Waals surface area (Å²) >= 11 is 0. The molecule has 1 amide bonds. The summed E-state index contributed by atoms with van der Waals surface area (Å²) in [6.45, 7) is 3.43. The summed E-state index contributed by atoms with van der Waals surface area (Å²) in [5, 5.41) is 2.77. The van der Waals surface area contributed by atoms with Crippen LogP contribution in [-0.2, 0) is 4.79 Å². The van der Waals surface area contributed by atoms with E-state index >= 15 is 0 Å². The molecule has 6 heteroatoms. The second-order valence-corrected chi connectivity index (χ2v) is 5.10. The predicted molar refractivity (Wildman–Crippen MR) is 89.2 cm³/mol. The topological polar surface area (TPSA) is 66.0 Å². The van der Waals surface area contributed by atoms with Crippen molar-refractivity contribution in [1.29, 1.82) is 0 Å². The molecule has 0 radical (unpaired) electrons. The first-order chi connectivity index (χ1) is 11.7. The van der Waals surface area contributed by atoms with Crippen molar-refractivity contribution in [2.75, 3.05) is 31.7 Å². The summed E-state index contributed by atoms with van der Waals surface area (Å²) in [6, 6.07) is 12.5. The molecule has 0 bridgehead atoms. The van der Waals surface area contributed by atoms with Gasteiger partial charge in [0.25, 0.3) is 5.91 Å². The summed E-state index contributed by atoms with van der Waals surface area (Å²) in [5.41, 5.74) is 0.635. The Morgan fingerprint density at radius 2 is 1.79 bits per heavy atom. The fraction of sp³-hybridized carbons (Fsp3) is 0.278. The molecule has 2 aromatic carbocycles. The Kier molecular flexibility index (Phi) is 5.05. The van der Waals surface area contributed by atoms with Gasteiger partial charge in [0.2, 0.25) is 0 Å². The highest BCUT2D eigenvalue weighted by Gasteiger charge is 2.13. The molecule has 0 saturated carbocycles. The zero-order valence-corrected chi connectivity index (χ0v) is 13.4. The quantitative estimate of drug-likeness (QED) is 0.883. The summed E-state index contributed by atoms with van der Waals surface area (Å²) in [6.07, 6.45) is 0. The number of nitrogens with one attached hydrogen (secondary N) is 1. The van der Waals surface area contributed by atoms with Crippen molar-refractivity contribution < 1.29 is 23.7 Å². The monoisotopic (exact) mass is 329 g/mol. The van der Waals surface area contributed by atoms with E-state index in [4.69, 9.17) is 18.9 Å². The van der Waals surface area contributed by atoms with Crippen molar-refractivity contribution in [3.8, 4) is 23.0 Å². The Labute approximate surface area is 140 Å². The van der Waals surface area contributed by atoms with Gasteiger partial charge in [-0.25, -0.2) is 0 Å². The number of amides is 1. The van der Waals surface area contributed by atoms with Crippen LogP contribution in [0.1, 0.15) is 6.92 Å². The van der Waals surface area contributed by atoms with Gasteiger partial charge in [0, 0.05) is 17.8 Å². The lowest BCUT2D eigenvalue weighted by atomic mass is 10.2. The Balaban J connectivity index is 1.55. The number of carbonyl (C=O) groups is 1. The standard InChI is InChI=1S/C18H19NO5/c1-2-21-14-4-3-5-15(11-14)24-12-18(20)19-13-6-7-16-17(10-13)23-9-8-22-16/h3-7,10-11H,2,8-9,12H2,1H3,(H,19,20). The highest BCUT2D eigenvalue weighted by molar-refractivity contribution is 5.92. The molecule has 1 heterocycles. The first kappa shape index (κ1) is 16.0. The van der Waals surface area contributed by atoms with Gasteiger partial charge in [0.1, 0.15) is 24.7 Å². The van der Waals surface area contributed by atoms with Gasteiger partial charge in [-0.2, -0.15) is 0 Å². The normalized spacial score (nSPS) is 12.4. The summed E-state index contributed by atoms with van der Waals surface area (Å²) < 4.78 is 21.8. The van der Waals surface area contributed by atoms with Crippen LogP contribution in [0.3, 0.4) is 0 Å². The first-order valence-electron chi connectivity index (χ1n) is 7.80. The van der Waals surface area contributed by atoms with Gasteiger partial charge in [0.15, 0.2) is 18.1 Å². The largest absolute Gasteiger partial charge is 0.494 e. The number of fused-ring (bicyclic) bond motifs is 1. The Bertz CT molecular complexity index is 716. The van der Waals surface area contributed by atoms with E-state index in [1.54, 1.807) is 30.3 Å². The van der Waals surface area contributed by atoms with E-state index in [2.05, 4.69) is 5.32 Å². The van der Waals surface area contributed by atoms with Crippen molar-refractivity contribution in [2.24, 2.45) is 0 Å². The molecule has 1 aliphatic heterocycles. The maximum Gasteiger partial charge on any atom is 0.262 e. The van der Waals surface area contributed by atoms with Crippen molar-refractivity contribution in [2.45, 2.75) is 6.92 Å². The van der Waals surface area contributed by atoms with Crippen LogP contribution in [0.25, 0.3) is 0 Å². The van der Waals surface area contributed by atoms with Crippen molar-refractivity contribution >= 4 is 11.6 Å². The molecule has 6 nitrogen and oxygen atoms in total. The molecule has 3 rings (SSSR count). The zero-order chi connectivity index (χ0) is 16.8. The van der Waals surface area contributed by atoms with E-state index in [0.717, 1.165) is 0 Å². The highest BCUT2D eigenvalue weighted by atomic mass is 16.6. The number of carbonyl (C=O) groups excluding carboxylic acids is 1. The minimum Gasteiger partial charge on any atom is -0.494 e. The van der Waals surface area contributed by atoms with E-state index in [9.17, 15) is 4.79 Å². The average Bonchev–Trinajstić information content (AvgIpc) is 2.61. The van der Waals surface area contributed by atoms with E-state index in [-0.39, 0.29) is 12.5 Å². The van der Waals surface area contributed by atoms with Gasteiger partial charge in [-0.05, 0) is 31.2 Å². The zero-order valence-electron chi connectivity index (χ0n) is 13.4. The Morgan fingerprint density at radius 3 is 2.58 bits per heavy atom. The van der Waals surface area contributed by atoms with Crippen LogP contribution < -0.4 is 24.3 Å². The van der Waals surface area contributed by atoms with Gasteiger partial charge in [-0.1, -0.05) is 6.07 Å². The molecule has 0 aromatic heterocycles. The molecule has 1 aliphatic rings. The lowest BCUT2D eigenvalue weighted by molar-refractivity contribution is -0.118. The maximum atomic E-state index is 12.0. The van der Waals surface area contributed by atoms with Crippen LogP contribution >= 0.6 is 0 Å². The van der Waals surface area contributed by atoms with E-state index in [0.29, 0.717) is 48.5 Å². The molecule has 126 valence electrons. The molecule has 0 saturated heterocycles. The van der Waals surface area contributed by atoms with E-state index in [1.807, 2.05) is 19.1 Å². The maximum absolute atomic E-state index is 12.0. The fourth-order valence-corrected chi connectivity index (χ4v) is 2.29. The number of rotatable bonds is 6. The Hall–Kier alpha value is -2.89. The average molecular weight is 329 g/mol. The molecular formula is C18H19NO5. The first-order valence-corrected chi connectivity index (χ1v) is 7.80. The minimum absolute atomic E-state index is 0.0932. The summed E-state index contributed by atoms with van der Waals surface area (Å²) in [4.78, 5) is 12.0. The second-order valence-electron chi connectivity index (χ2n) is 5.10. The van der Waals surface area contributed by atoms with Crippen LogP contribution in [0.5, 0.6) is 23.0 Å². The third-order valence-corrected chi connectivity index (χ3v) is 3.31. The Morgan fingerprint density at radius 1 is 1.04 bits per heavy atom. The predicted octanol–water partition coefficient (Wildman–Crippen LogP) is 2.87. The van der Waals surface area contributed by atoms with Gasteiger partial charge in [0.05, 0.1) is 6.61 Å². The van der Waals surface area contributed by atoms with Crippen LogP contribution in [0.2, 0.25) is 0 Å². The number of hydrogen-bond acceptors (Lipinski definition) is 5.